The Morgan fingerprint density at radius 2 is 1.09 bits per heavy atom. The minimum absolute atomic E-state index is 0.0478. The van der Waals surface area contributed by atoms with Crippen molar-refractivity contribution in [2.75, 3.05) is 25.4 Å². The Bertz CT molecular complexity index is 4270. The Hall–Kier alpha value is -13.2. The van der Waals surface area contributed by atoms with Crippen molar-refractivity contribution in [3.05, 3.63) is 65.9 Å². The van der Waals surface area contributed by atoms with E-state index >= 15 is 9.59 Å². The molecular weight excluding hydrogens is 1600 g/mol. The summed E-state index contributed by atoms with van der Waals surface area (Å²) in [6, 6.07) is -13.8. The summed E-state index contributed by atoms with van der Waals surface area (Å²) in [6.07, 6.45) is -6.32. The lowest BCUT2D eigenvalue weighted by molar-refractivity contribution is -0.156. The minimum atomic E-state index is -2.62. The third-order valence-electron chi connectivity index (χ3n) is 19.2. The van der Waals surface area contributed by atoms with E-state index in [4.69, 9.17) is 21.9 Å². The number of amides is 14. The van der Waals surface area contributed by atoms with Crippen LogP contribution in [-0.4, -0.2) is 258 Å². The van der Waals surface area contributed by atoms with Gasteiger partial charge in [-0.25, -0.2) is 4.79 Å². The molecule has 121 heavy (non-hydrogen) atoms. The van der Waals surface area contributed by atoms with E-state index in [0.717, 1.165) is 52.5 Å². The lowest BCUT2D eigenvalue weighted by Crippen LogP contribution is -2.63. The smallest absolute Gasteiger partial charge is 0.329 e. The van der Waals surface area contributed by atoms with Crippen LogP contribution in [0.3, 0.4) is 0 Å². The van der Waals surface area contributed by atoms with Crippen LogP contribution in [0.2, 0.25) is 0 Å². The fourth-order valence-corrected chi connectivity index (χ4v) is 12.4. The molecule has 1 fully saturated rings. The summed E-state index contributed by atoms with van der Waals surface area (Å²) in [7, 11) is 0. The number of aromatic amines is 1. The zero-order chi connectivity index (χ0) is 90.5. The molecule has 1 saturated heterocycles. The highest BCUT2D eigenvalue weighted by atomic mass is 16.5. The van der Waals surface area contributed by atoms with E-state index in [9.17, 15) is 122 Å². The summed E-state index contributed by atoms with van der Waals surface area (Å²) in [4.78, 5) is 292. The van der Waals surface area contributed by atoms with E-state index in [1.807, 2.05) is 16.0 Å². The van der Waals surface area contributed by atoms with E-state index in [-0.39, 0.29) is 37.1 Å². The summed E-state index contributed by atoms with van der Waals surface area (Å²) in [5, 5.41) is 88.7. The number of carboxylic acid groups (broad SMARTS) is 5. The van der Waals surface area contributed by atoms with Gasteiger partial charge in [0.25, 0.3) is 0 Å². The molecule has 0 aliphatic carbocycles. The van der Waals surface area contributed by atoms with Gasteiger partial charge >= 0.3 is 35.8 Å². The molecule has 14 amide bonds. The number of aliphatic carboxylic acids is 5. The SMILES string of the molecule is CCC(C)CCCCCCC(=O)N[C@@H](Cc1c[nH]c2ccccc12)C(=O)N[C@@H](CC(N)=O)C(=O)N[C@@H](CC(=O)O)C(=O)N[C@@H]1C(=O)N[C@@H](CCC(=O)O)C(=O)N[C@@H](CCCN)C(=O)N[C@@H](CC(=O)O)C(=O)N[C@H](C)C(=O)N[C@@H](CC(=O)O)C(=O)NCC(=O)N[C@H](CO)C(=O)N[C@@H](C(C)CC(=O)O)C(=O)N[C@@H](CC(=O)c2ccccc2N)C(=O)O[C@@H]1C. The van der Waals surface area contributed by atoms with Gasteiger partial charge in [-0.2, -0.15) is 0 Å². The number of ether oxygens (including phenoxy) is 1. The van der Waals surface area contributed by atoms with Crippen molar-refractivity contribution in [1.29, 1.82) is 0 Å². The molecule has 0 saturated carbocycles. The van der Waals surface area contributed by atoms with Crippen molar-refractivity contribution in [2.24, 2.45) is 23.3 Å². The van der Waals surface area contributed by atoms with Crippen LogP contribution < -0.4 is 86.3 Å². The highest BCUT2D eigenvalue weighted by Gasteiger charge is 2.42. The monoisotopic (exact) mass is 1710 g/mol. The molecule has 15 atom stereocenters. The third-order valence-corrected chi connectivity index (χ3v) is 19.2. The molecule has 664 valence electrons. The Morgan fingerprint density at radius 3 is 1.69 bits per heavy atom. The number of nitrogens with two attached hydrogens (primary N) is 3. The number of nitrogen functional groups attached to an aromatic ring is 1. The molecule has 1 aliphatic rings. The zero-order valence-electron chi connectivity index (χ0n) is 67.1. The molecule has 1 aliphatic heterocycles. The van der Waals surface area contributed by atoms with Crippen LogP contribution in [0.4, 0.5) is 5.69 Å². The normalized spacial score (nSPS) is 21.6. The van der Waals surface area contributed by atoms with Gasteiger partial charge in [-0.05, 0) is 81.7 Å². The number of nitrogens with one attached hydrogen (secondary N) is 14. The maximum absolute atomic E-state index is 15.3. The number of esters is 1. The number of para-hydroxylation sites is 2. The quantitative estimate of drug-likeness (QED) is 0.0110. The molecule has 2 aromatic carbocycles. The van der Waals surface area contributed by atoms with Gasteiger partial charge in [0.1, 0.15) is 78.6 Å². The number of benzene rings is 2. The number of ketones is 1. The summed E-state index contributed by atoms with van der Waals surface area (Å²) in [5.74, 6) is -32.1. The molecule has 26 N–H and O–H groups in total. The molecule has 3 aromatic rings. The van der Waals surface area contributed by atoms with Gasteiger partial charge in [0.2, 0.25) is 82.7 Å². The van der Waals surface area contributed by atoms with E-state index in [1.165, 1.54) is 18.2 Å². The first-order valence-corrected chi connectivity index (χ1v) is 38.8. The van der Waals surface area contributed by atoms with Gasteiger partial charge in [-0.15, -0.1) is 0 Å². The average Bonchev–Trinajstić information content (AvgIpc) is 1.77. The molecule has 4 rings (SSSR count). The van der Waals surface area contributed by atoms with E-state index in [1.54, 1.807) is 30.5 Å². The standard InChI is InChI=1S/C76H107N17O28/c1-6-36(2)16-9-7-8-10-22-56(97)83-47(27-40-33-80-44-20-14-12-17-41(40)44)70(114)88-48(29-55(79)96)71(115)90-51(32-62(107)108)72(116)93-64-39(5)121-76(120)52(28-54(95)42-18-11-13-19-43(42)78)91-74(118)63(37(3)26-59(101)102)92-73(117)53(35-94)84-57(98)34-81-66(110)49(30-60(103)104)87-65(109)38(4)82-69(113)50(31-61(105)106)89-67(111)45(21-15-25-77)85-68(112)46(86-75(64)119)23-24-58(99)100/h11-14,17-20,33,36-39,45-53,63-64,80,94H,6-10,15-16,21-32,34-35,77-78H2,1-5H3,(H2,79,96)(H,81,110)(H,82,113)(H,83,97)(H,84,98)(H,85,112)(H,86,119)(H,87,109)(H,88,114)(H,89,111)(H,90,115)(H,91,118)(H,92,117)(H,93,116)(H,99,100)(H,101,102)(H,103,104)(H,105,106)(H,107,108)/t36?,37?,38-,39-,45+,46+,47+,48+,49+,50+,51+,52+,53-,63+,64+/m1/s1. The number of anilines is 1. The number of H-pyrrole nitrogens is 1. The number of Topliss-reactive ketones (excluding diaryl/α,β-unsaturated/α-hetero) is 1. The maximum atomic E-state index is 15.3. The number of aliphatic hydroxyl groups excluding tert-OH is 1. The van der Waals surface area contributed by atoms with E-state index in [0.29, 0.717) is 35.2 Å². The molecule has 2 unspecified atom stereocenters. The predicted octanol–water partition coefficient (Wildman–Crippen LogP) is -5.14. The van der Waals surface area contributed by atoms with Crippen LogP contribution in [0.5, 0.6) is 0 Å². The molecule has 2 heterocycles. The van der Waals surface area contributed by atoms with E-state index in [2.05, 4.69) is 72.0 Å². The number of rotatable bonds is 38. The van der Waals surface area contributed by atoms with Crippen LogP contribution in [0.15, 0.2) is 54.7 Å². The number of unbranched alkanes of at least 4 members (excludes halogenated alkanes) is 3. The number of aliphatic hydroxyl groups is 1. The van der Waals surface area contributed by atoms with Crippen LogP contribution in [0.25, 0.3) is 10.9 Å². The fourth-order valence-electron chi connectivity index (χ4n) is 12.4. The first-order valence-electron chi connectivity index (χ1n) is 38.8. The number of primary amides is 1. The first kappa shape index (κ1) is 100. The van der Waals surface area contributed by atoms with Crippen LogP contribution in [0.1, 0.15) is 160 Å². The second-order valence-corrected chi connectivity index (χ2v) is 29.1. The number of hydrogen-bond acceptors (Lipinski definition) is 25. The van der Waals surface area contributed by atoms with Crippen molar-refractivity contribution >= 4 is 141 Å². The number of carbonyl (C=O) groups excluding carboxylic acids is 16. The van der Waals surface area contributed by atoms with Gasteiger partial charge in [-0.1, -0.05) is 83.2 Å². The van der Waals surface area contributed by atoms with Crippen LogP contribution in [-0.2, 0) is 107 Å². The summed E-state index contributed by atoms with van der Waals surface area (Å²) in [5.41, 5.74) is 18.0. The maximum Gasteiger partial charge on any atom is 0.329 e. The lowest BCUT2D eigenvalue weighted by Gasteiger charge is -2.31. The van der Waals surface area contributed by atoms with Crippen molar-refractivity contribution in [2.45, 2.75) is 229 Å². The second-order valence-electron chi connectivity index (χ2n) is 29.1. The van der Waals surface area contributed by atoms with Gasteiger partial charge in [0, 0.05) is 54.0 Å². The molecular formula is C76H107N17O28. The molecule has 0 bridgehead atoms. The van der Waals surface area contributed by atoms with E-state index < -0.39 is 280 Å². The first-order chi connectivity index (χ1) is 57.1. The molecule has 1 aromatic heterocycles. The van der Waals surface area contributed by atoms with Crippen LogP contribution >= 0.6 is 0 Å². The van der Waals surface area contributed by atoms with Crippen molar-refractivity contribution < 1.29 is 136 Å². The Labute approximate surface area is 691 Å². The third kappa shape index (κ3) is 34.3. The number of carbonyl (C=O) groups is 21. The molecule has 0 spiro atoms. The summed E-state index contributed by atoms with van der Waals surface area (Å²) < 4.78 is 5.72. The summed E-state index contributed by atoms with van der Waals surface area (Å²) in [6.45, 7) is 4.24. The van der Waals surface area contributed by atoms with Gasteiger partial charge in [-0.3, -0.25) is 95.9 Å². The highest BCUT2D eigenvalue weighted by molar-refractivity contribution is 6.05. The van der Waals surface area contributed by atoms with Gasteiger partial charge in [0.15, 0.2) is 5.78 Å². The fraction of sp³-hybridized carbons (Fsp3) is 0.539. The lowest BCUT2D eigenvalue weighted by atomic mass is 9.96. The minimum Gasteiger partial charge on any atom is -0.481 e. The largest absolute Gasteiger partial charge is 0.481 e. The van der Waals surface area contributed by atoms with Crippen molar-refractivity contribution in [1.82, 2.24) is 74.1 Å². The topological polar surface area (TPSA) is 739 Å². The molecule has 45 heteroatoms. The van der Waals surface area contributed by atoms with Crippen molar-refractivity contribution in [3.8, 4) is 0 Å². The van der Waals surface area contributed by atoms with Gasteiger partial charge in [0.05, 0.1) is 45.3 Å². The molecule has 45 nitrogen and oxygen atoms in total. The number of hydrogen-bond donors (Lipinski definition) is 23. The Morgan fingerprint density at radius 1 is 0.537 bits per heavy atom. The summed E-state index contributed by atoms with van der Waals surface area (Å²) >= 11 is 0. The Kier molecular flexibility index (Phi) is 41.3. The predicted molar refractivity (Wildman–Crippen MR) is 421 cm³/mol. The average molecular weight is 1710 g/mol. The number of cyclic esters (lactones) is 1. The van der Waals surface area contributed by atoms with Gasteiger partial charge < -0.3 is 127 Å². The second kappa shape index (κ2) is 49.9. The molecule has 0 radical (unpaired) electrons. The Balaban J connectivity index is 1.96. The van der Waals surface area contributed by atoms with Crippen molar-refractivity contribution in [3.63, 3.8) is 0 Å². The number of aromatic nitrogens is 1. The number of fused-ring (bicyclic) bond motifs is 1. The highest BCUT2D eigenvalue weighted by Crippen LogP contribution is 2.22. The van der Waals surface area contributed by atoms with Crippen LogP contribution in [0, 0.1) is 11.8 Å². The number of carboxylic acids is 5. The zero-order valence-corrected chi connectivity index (χ0v) is 67.1.